The quantitative estimate of drug-likeness (QED) is 0.461. The van der Waals surface area contributed by atoms with Crippen molar-refractivity contribution in [1.82, 2.24) is 0 Å². The third-order valence-electron chi connectivity index (χ3n) is 1.48. The molecule has 0 aliphatic rings. The third kappa shape index (κ3) is 3.42. The second-order valence-electron chi connectivity index (χ2n) is 2.32. The number of carboxylic acids is 1. The van der Waals surface area contributed by atoms with E-state index in [1.54, 1.807) is 6.07 Å². The number of nitro benzene ring substituents is 1. The van der Waals surface area contributed by atoms with Crippen LogP contribution >= 0.6 is 0 Å². The third-order valence-corrected chi connectivity index (χ3v) is 1.48. The molecule has 0 atom stereocenters. The molecule has 0 fully saturated rings. The number of nitrogens with zero attached hydrogens (tertiary/aromatic N) is 2. The number of carbonyl (C=O) groups is 1. The summed E-state index contributed by atoms with van der Waals surface area (Å²) in [4.78, 5) is 20.0. The van der Waals surface area contributed by atoms with Crippen LogP contribution in [0.25, 0.3) is 0 Å². The maximum Gasteiger partial charge on any atom is 0.247 e. The van der Waals surface area contributed by atoms with Gasteiger partial charge in [-0.15, -0.1) is 12.1 Å². The number of nitro groups is 1. The number of rotatable bonds is 2. The van der Waals surface area contributed by atoms with Crippen molar-refractivity contribution in [2.24, 2.45) is 0 Å². The van der Waals surface area contributed by atoms with E-state index >= 15 is 0 Å². The molecule has 0 aliphatic heterocycles. The first-order valence-corrected chi connectivity index (χ1v) is 3.39. The summed E-state index contributed by atoms with van der Waals surface area (Å²) in [5.41, 5.74) is -1.07. The van der Waals surface area contributed by atoms with Crippen molar-refractivity contribution in [2.45, 2.75) is 0 Å². The maximum atomic E-state index is 10.4. The summed E-state index contributed by atoms with van der Waals surface area (Å²) in [6, 6.07) is 5.63. The van der Waals surface area contributed by atoms with Crippen LogP contribution in [0.3, 0.4) is 0 Å². The van der Waals surface area contributed by atoms with Crippen molar-refractivity contribution < 1.29 is 34.9 Å². The van der Waals surface area contributed by atoms with Crippen LogP contribution in [0.4, 0.5) is 5.69 Å². The summed E-state index contributed by atoms with van der Waals surface area (Å²) in [5, 5.41) is 27.4. The molecule has 0 unspecified atom stereocenters. The minimum absolute atomic E-state index is 0. The fourth-order valence-corrected chi connectivity index (χ4v) is 0.844. The van der Waals surface area contributed by atoms with Gasteiger partial charge < -0.3 is 17.3 Å². The topological polar surface area (TPSA) is 104 Å². The van der Waals surface area contributed by atoms with Gasteiger partial charge in [-0.1, -0.05) is 11.6 Å². The Morgan fingerprint density at radius 3 is 2.56 bits per heavy atom. The van der Waals surface area contributed by atoms with Gasteiger partial charge >= 0.3 is 0 Å². The first-order chi connectivity index (χ1) is 6.56. The maximum absolute atomic E-state index is 10.4. The molecule has 7 heteroatoms. The molecule has 0 amide bonds. The van der Waals surface area contributed by atoms with Crippen molar-refractivity contribution in [2.75, 3.05) is 0 Å². The Morgan fingerprint density at radius 2 is 2.19 bits per heavy atom. The first kappa shape index (κ1) is 16.7. The van der Waals surface area contributed by atoms with Crippen LogP contribution in [0.2, 0.25) is 0 Å². The Labute approximate surface area is 105 Å². The van der Waals surface area contributed by atoms with Gasteiger partial charge in [-0.2, -0.15) is 0 Å². The second-order valence-corrected chi connectivity index (χ2v) is 2.32. The second kappa shape index (κ2) is 6.67. The average Bonchev–Trinajstić information content (AvgIpc) is 2.16. The number of aromatic carboxylic acids is 1. The van der Waals surface area contributed by atoms with Gasteiger partial charge in [0.05, 0.1) is 6.07 Å². The van der Waals surface area contributed by atoms with Crippen LogP contribution in [0.1, 0.15) is 15.9 Å². The Morgan fingerprint density at radius 1 is 1.62 bits per heavy atom. The summed E-state index contributed by atoms with van der Waals surface area (Å²) >= 11 is 0. The number of nitriles is 1. The summed E-state index contributed by atoms with van der Waals surface area (Å²) in [6.07, 6.45) is 0. The van der Waals surface area contributed by atoms with Crippen LogP contribution in [0.5, 0.6) is 0 Å². The van der Waals surface area contributed by atoms with Crippen LogP contribution in [-0.4, -0.2) is 16.0 Å². The van der Waals surface area contributed by atoms with E-state index in [0.29, 0.717) is 0 Å². The summed E-state index contributed by atoms with van der Waals surface area (Å²) in [5.74, 6) is -1.32. The molecular formula is C9H6IrN2O4-2. The molecule has 0 spiro atoms. The van der Waals surface area contributed by atoms with Crippen LogP contribution in [-0.2, 0) is 20.1 Å². The van der Waals surface area contributed by atoms with Gasteiger partial charge in [0.25, 0.3) is 0 Å². The van der Waals surface area contributed by atoms with Gasteiger partial charge in [0.1, 0.15) is 0 Å². The summed E-state index contributed by atoms with van der Waals surface area (Å²) in [6.45, 7) is 0. The van der Waals surface area contributed by atoms with Crippen LogP contribution in [0, 0.1) is 34.9 Å². The Bertz CT molecular complexity index is 453. The Balaban J connectivity index is 0. The van der Waals surface area contributed by atoms with E-state index in [-0.39, 0.29) is 38.7 Å². The van der Waals surface area contributed by atoms with E-state index in [9.17, 15) is 14.9 Å². The van der Waals surface area contributed by atoms with Crippen molar-refractivity contribution in [1.29, 1.82) is 5.26 Å². The van der Waals surface area contributed by atoms with E-state index in [2.05, 4.69) is 6.07 Å². The van der Waals surface area contributed by atoms with Crippen LogP contribution < -0.4 is 0 Å². The summed E-state index contributed by atoms with van der Waals surface area (Å²) in [7, 11) is 0. The van der Waals surface area contributed by atoms with Crippen LogP contribution in [0.15, 0.2) is 12.1 Å². The van der Waals surface area contributed by atoms with E-state index in [0.717, 1.165) is 12.1 Å². The van der Waals surface area contributed by atoms with Gasteiger partial charge in [-0.25, -0.2) is 5.26 Å². The number of benzene rings is 1. The van der Waals surface area contributed by atoms with Gasteiger partial charge in [0.15, 0.2) is 0 Å². The van der Waals surface area contributed by atoms with Crippen molar-refractivity contribution in [3.63, 3.8) is 0 Å². The molecule has 1 aromatic carbocycles. The molecule has 1 rings (SSSR count). The standard InChI is InChI=1S/C8H3N2O4.CH3.Ir/c9-4-6-2-1-5(8(11)12)3-7(6)10(13)14;;/h2-3H,(H,11,12);1H3;/q2*-1;. The van der Waals surface area contributed by atoms with Gasteiger partial charge in [0.2, 0.25) is 11.7 Å². The fourth-order valence-electron chi connectivity index (χ4n) is 0.844. The predicted molar refractivity (Wildman–Crippen MR) is 50.0 cm³/mol. The van der Waals surface area contributed by atoms with Crippen molar-refractivity contribution >= 4 is 11.7 Å². The molecule has 0 aliphatic carbocycles. The van der Waals surface area contributed by atoms with Gasteiger partial charge in [-0.05, 0) is 0 Å². The zero-order chi connectivity index (χ0) is 10.7. The molecule has 1 aromatic rings. The zero-order valence-electron chi connectivity index (χ0n) is 8.05. The molecule has 16 heavy (non-hydrogen) atoms. The SMILES string of the molecule is N#Cc1c[c-]c(C(=O)O)cc1[N+](=O)[O-].[CH3-].[Ir]. The normalized spacial score (nSPS) is 7.94. The zero-order valence-corrected chi connectivity index (χ0v) is 10.4. The molecule has 0 heterocycles. The minimum atomic E-state index is -1.32. The molecule has 87 valence electrons. The van der Waals surface area contributed by atoms with E-state index < -0.39 is 16.6 Å². The molecule has 0 saturated heterocycles. The largest absolute Gasteiger partial charge is 0.521 e. The first-order valence-electron chi connectivity index (χ1n) is 3.39. The molecule has 6 nitrogen and oxygen atoms in total. The van der Waals surface area contributed by atoms with Gasteiger partial charge in [-0.3, -0.25) is 10.1 Å². The molecule has 0 aromatic heterocycles. The molecule has 0 saturated carbocycles. The van der Waals surface area contributed by atoms with E-state index in [1.807, 2.05) is 0 Å². The summed E-state index contributed by atoms with van der Waals surface area (Å²) < 4.78 is 0. The average molecular weight is 398 g/mol. The van der Waals surface area contributed by atoms with E-state index in [4.69, 9.17) is 10.4 Å². The molecule has 1 N–H and O–H groups in total. The Kier molecular flexibility index (Phi) is 6.94. The van der Waals surface area contributed by atoms with Crippen molar-refractivity contribution in [3.8, 4) is 6.07 Å². The smallest absolute Gasteiger partial charge is 0.247 e. The molecular weight excluding hydrogens is 392 g/mol. The number of carboxylic acid groups (broad SMARTS) is 1. The molecule has 1 radical (unpaired) electrons. The minimum Gasteiger partial charge on any atom is -0.521 e. The van der Waals surface area contributed by atoms with Crippen molar-refractivity contribution in [3.05, 3.63) is 46.9 Å². The fraction of sp³-hybridized carbons (Fsp3) is 0. The monoisotopic (exact) mass is 399 g/mol. The number of hydrogen-bond donors (Lipinski definition) is 1. The van der Waals surface area contributed by atoms with E-state index in [1.165, 1.54) is 0 Å². The number of hydrogen-bond acceptors (Lipinski definition) is 4. The predicted octanol–water partition coefficient (Wildman–Crippen LogP) is 1.41. The van der Waals surface area contributed by atoms with Gasteiger partial charge in [0, 0.05) is 30.6 Å². The molecule has 0 bridgehead atoms. The Hall–Kier alpha value is -1.77.